The molecule has 0 N–H and O–H groups in total. The number of nitrogens with zero attached hydrogens (tertiary/aromatic N) is 3. The van der Waals surface area contributed by atoms with E-state index in [4.69, 9.17) is 0 Å². The first-order valence-corrected chi connectivity index (χ1v) is 6.02. The lowest BCUT2D eigenvalue weighted by Gasteiger charge is -2.13. The third-order valence-electron chi connectivity index (χ3n) is 3.38. The van der Waals surface area contributed by atoms with Crippen LogP contribution in [0.5, 0.6) is 0 Å². The molecule has 0 aliphatic carbocycles. The number of rotatable bonds is 1. The van der Waals surface area contributed by atoms with Gasteiger partial charge in [-0.25, -0.2) is 4.39 Å². The summed E-state index contributed by atoms with van der Waals surface area (Å²) in [5.41, 5.74) is 1.33. The fraction of sp³-hybridized carbons (Fsp3) is 0.385. The number of amides is 1. The van der Waals surface area contributed by atoms with Crippen molar-refractivity contribution in [3.05, 3.63) is 30.0 Å². The lowest BCUT2D eigenvalue weighted by Crippen LogP contribution is -2.29. The Morgan fingerprint density at radius 1 is 1.44 bits per heavy atom. The molecule has 1 saturated heterocycles. The maximum Gasteiger partial charge on any atom is 0.275 e. The van der Waals surface area contributed by atoms with E-state index in [1.807, 2.05) is 24.3 Å². The number of hydrogen-bond acceptors (Lipinski definition) is 2. The van der Waals surface area contributed by atoms with E-state index >= 15 is 0 Å². The van der Waals surface area contributed by atoms with Gasteiger partial charge < -0.3 is 4.90 Å². The molecule has 4 nitrogen and oxygen atoms in total. The molecule has 0 unspecified atom stereocenters. The van der Waals surface area contributed by atoms with E-state index < -0.39 is 6.17 Å². The molecule has 1 atom stereocenters. The van der Waals surface area contributed by atoms with Crippen LogP contribution in [0.2, 0.25) is 0 Å². The Morgan fingerprint density at radius 2 is 2.22 bits per heavy atom. The molecular weight excluding hydrogens is 233 g/mol. The van der Waals surface area contributed by atoms with Crippen molar-refractivity contribution in [2.45, 2.75) is 12.6 Å². The van der Waals surface area contributed by atoms with Gasteiger partial charge in [-0.1, -0.05) is 18.2 Å². The summed E-state index contributed by atoms with van der Waals surface area (Å²) in [6, 6.07) is 7.58. The van der Waals surface area contributed by atoms with Gasteiger partial charge in [0.25, 0.3) is 5.91 Å². The van der Waals surface area contributed by atoms with Crippen molar-refractivity contribution in [2.24, 2.45) is 7.05 Å². The van der Waals surface area contributed by atoms with Crippen molar-refractivity contribution in [1.82, 2.24) is 14.7 Å². The Hall–Kier alpha value is -1.91. The van der Waals surface area contributed by atoms with Crippen molar-refractivity contribution < 1.29 is 9.18 Å². The number of carbonyl (C=O) groups is 1. The lowest BCUT2D eigenvalue weighted by molar-refractivity contribution is 0.0778. The maximum absolute atomic E-state index is 13.1. The third-order valence-corrected chi connectivity index (χ3v) is 3.38. The molecule has 1 fully saturated rings. The Labute approximate surface area is 104 Å². The minimum Gasteiger partial charge on any atom is -0.334 e. The smallest absolute Gasteiger partial charge is 0.275 e. The molecule has 0 bridgehead atoms. The van der Waals surface area contributed by atoms with E-state index in [0.29, 0.717) is 18.7 Å². The molecule has 5 heteroatoms. The highest BCUT2D eigenvalue weighted by Crippen LogP contribution is 2.21. The number of fused-ring (bicyclic) bond motifs is 1. The zero-order chi connectivity index (χ0) is 12.7. The second-order valence-corrected chi connectivity index (χ2v) is 4.63. The number of alkyl halides is 1. The average Bonchev–Trinajstić information content (AvgIpc) is 2.94. The maximum atomic E-state index is 13.1. The van der Waals surface area contributed by atoms with Crippen molar-refractivity contribution in [2.75, 3.05) is 13.1 Å². The predicted molar refractivity (Wildman–Crippen MR) is 66.1 cm³/mol. The molecule has 2 aromatic rings. The summed E-state index contributed by atoms with van der Waals surface area (Å²) in [6.45, 7) is 0.661. The zero-order valence-corrected chi connectivity index (χ0v) is 10.1. The van der Waals surface area contributed by atoms with Crippen LogP contribution < -0.4 is 0 Å². The Bertz CT molecular complexity index is 607. The first-order valence-electron chi connectivity index (χ1n) is 6.02. The molecular formula is C13H14FN3O. The molecule has 94 valence electrons. The minimum absolute atomic E-state index is 0.174. The van der Waals surface area contributed by atoms with E-state index in [9.17, 15) is 9.18 Å². The van der Waals surface area contributed by atoms with Gasteiger partial charge in [-0.15, -0.1) is 0 Å². The lowest BCUT2D eigenvalue weighted by atomic mass is 10.2. The van der Waals surface area contributed by atoms with Gasteiger partial charge in [0.2, 0.25) is 0 Å². The second-order valence-electron chi connectivity index (χ2n) is 4.63. The quantitative estimate of drug-likeness (QED) is 0.770. The Morgan fingerprint density at radius 3 is 2.94 bits per heavy atom. The summed E-state index contributed by atoms with van der Waals surface area (Å²) in [7, 11) is 1.81. The molecule has 0 spiro atoms. The summed E-state index contributed by atoms with van der Waals surface area (Å²) in [4.78, 5) is 13.8. The molecule has 3 rings (SSSR count). The van der Waals surface area contributed by atoms with Gasteiger partial charge in [0.1, 0.15) is 6.17 Å². The Kier molecular flexibility index (Phi) is 2.54. The standard InChI is InChI=1S/C13H14FN3O/c1-16-11-5-3-2-4-10(11)12(15-16)13(18)17-7-6-9(14)8-17/h2-5,9H,6-8H2,1H3/t9-/m0/s1. The molecule has 1 amide bonds. The van der Waals surface area contributed by atoms with E-state index in [1.54, 1.807) is 16.6 Å². The van der Waals surface area contributed by atoms with E-state index in [0.717, 1.165) is 10.9 Å². The van der Waals surface area contributed by atoms with Gasteiger partial charge in [-0.05, 0) is 12.5 Å². The SMILES string of the molecule is Cn1nc(C(=O)N2CC[C@H](F)C2)c2ccccc21. The van der Waals surface area contributed by atoms with Crippen LogP contribution in [0.4, 0.5) is 4.39 Å². The molecule has 2 heterocycles. The number of aromatic nitrogens is 2. The van der Waals surface area contributed by atoms with Crippen LogP contribution in [0, 0.1) is 0 Å². The largest absolute Gasteiger partial charge is 0.334 e. The van der Waals surface area contributed by atoms with Gasteiger partial charge in [-0.3, -0.25) is 9.48 Å². The van der Waals surface area contributed by atoms with Crippen molar-refractivity contribution >= 4 is 16.8 Å². The topological polar surface area (TPSA) is 38.1 Å². The normalized spacial score (nSPS) is 19.7. The van der Waals surface area contributed by atoms with Crippen LogP contribution in [0.3, 0.4) is 0 Å². The van der Waals surface area contributed by atoms with E-state index in [1.165, 1.54) is 0 Å². The summed E-state index contributed by atoms with van der Waals surface area (Å²) < 4.78 is 14.8. The van der Waals surface area contributed by atoms with Gasteiger partial charge in [0, 0.05) is 19.0 Å². The van der Waals surface area contributed by atoms with Gasteiger partial charge in [0.15, 0.2) is 5.69 Å². The molecule has 1 aliphatic heterocycles. The summed E-state index contributed by atoms with van der Waals surface area (Å²) in [5.74, 6) is -0.174. The fourth-order valence-corrected chi connectivity index (χ4v) is 2.42. The number of carbonyl (C=O) groups excluding carboxylic acids is 1. The van der Waals surface area contributed by atoms with E-state index in [-0.39, 0.29) is 12.5 Å². The molecule has 18 heavy (non-hydrogen) atoms. The molecule has 0 saturated carbocycles. The monoisotopic (exact) mass is 247 g/mol. The highest BCUT2D eigenvalue weighted by atomic mass is 19.1. The van der Waals surface area contributed by atoms with Crippen LogP contribution in [-0.2, 0) is 7.05 Å². The van der Waals surface area contributed by atoms with Crippen molar-refractivity contribution in [3.8, 4) is 0 Å². The summed E-state index contributed by atoms with van der Waals surface area (Å²) in [5, 5.41) is 5.09. The first kappa shape index (κ1) is 11.2. The van der Waals surface area contributed by atoms with Gasteiger partial charge in [-0.2, -0.15) is 5.10 Å². The third kappa shape index (κ3) is 1.66. The van der Waals surface area contributed by atoms with Gasteiger partial charge >= 0.3 is 0 Å². The first-order chi connectivity index (χ1) is 8.66. The summed E-state index contributed by atoms with van der Waals surface area (Å²) >= 11 is 0. The number of benzene rings is 1. The van der Waals surface area contributed by atoms with Gasteiger partial charge in [0.05, 0.1) is 12.1 Å². The van der Waals surface area contributed by atoms with Crippen LogP contribution >= 0.6 is 0 Å². The molecule has 1 aromatic heterocycles. The molecule has 1 aliphatic rings. The van der Waals surface area contributed by atoms with Crippen molar-refractivity contribution in [1.29, 1.82) is 0 Å². The zero-order valence-electron chi connectivity index (χ0n) is 10.1. The van der Waals surface area contributed by atoms with E-state index in [2.05, 4.69) is 5.10 Å². The average molecular weight is 247 g/mol. The Balaban J connectivity index is 2.02. The fourth-order valence-electron chi connectivity index (χ4n) is 2.42. The van der Waals surface area contributed by atoms with Crippen LogP contribution in [0.25, 0.3) is 10.9 Å². The van der Waals surface area contributed by atoms with Crippen LogP contribution in [-0.4, -0.2) is 39.8 Å². The van der Waals surface area contributed by atoms with Crippen molar-refractivity contribution in [3.63, 3.8) is 0 Å². The second kappa shape index (κ2) is 4.08. The highest BCUT2D eigenvalue weighted by Gasteiger charge is 2.29. The minimum atomic E-state index is -0.899. The van der Waals surface area contributed by atoms with Crippen LogP contribution in [0.1, 0.15) is 16.9 Å². The number of likely N-dealkylation sites (tertiary alicyclic amines) is 1. The number of para-hydroxylation sites is 1. The predicted octanol–water partition coefficient (Wildman–Crippen LogP) is 1.76. The summed E-state index contributed by atoms with van der Waals surface area (Å²) in [6.07, 6.45) is -0.472. The molecule has 0 radical (unpaired) electrons. The van der Waals surface area contributed by atoms with Crippen LogP contribution in [0.15, 0.2) is 24.3 Å². The number of halogens is 1. The molecule has 1 aromatic carbocycles. The highest BCUT2D eigenvalue weighted by molar-refractivity contribution is 6.04. The number of aryl methyl sites for hydroxylation is 1. The number of hydrogen-bond donors (Lipinski definition) is 0.